The van der Waals surface area contributed by atoms with Crippen molar-refractivity contribution >= 4 is 28.5 Å². The lowest BCUT2D eigenvalue weighted by atomic mass is 9.96. The molecule has 0 fully saturated rings. The van der Waals surface area contributed by atoms with Crippen LogP contribution < -0.4 is 14.9 Å². The lowest BCUT2D eigenvalue weighted by Gasteiger charge is -2.26. The number of hydrogen-bond acceptors (Lipinski definition) is 5. The fourth-order valence-electron chi connectivity index (χ4n) is 5.07. The van der Waals surface area contributed by atoms with Crippen LogP contribution in [0, 0.1) is 13.8 Å². The van der Waals surface area contributed by atoms with Gasteiger partial charge in [-0.25, -0.2) is 0 Å². The third-order valence-corrected chi connectivity index (χ3v) is 6.96. The Balaban J connectivity index is 1.75. The third kappa shape index (κ3) is 4.36. The SMILES string of the molecule is CCOc1ccc(C2c3c(oc4cc(C)cc(C)c4c3=O)C(=O)N2Cc2ccccc2Cl)cc1OCC. The fourth-order valence-corrected chi connectivity index (χ4v) is 5.27. The van der Waals surface area contributed by atoms with E-state index in [4.69, 9.17) is 25.5 Å². The summed E-state index contributed by atoms with van der Waals surface area (Å²) in [6.07, 6.45) is 0. The highest BCUT2D eigenvalue weighted by atomic mass is 35.5. The molecule has 37 heavy (non-hydrogen) atoms. The van der Waals surface area contributed by atoms with Crippen LogP contribution in [0.1, 0.15) is 58.3 Å². The Morgan fingerprint density at radius 3 is 2.41 bits per heavy atom. The monoisotopic (exact) mass is 517 g/mol. The molecule has 1 aliphatic rings. The molecule has 6 nitrogen and oxygen atoms in total. The molecule has 0 saturated heterocycles. The molecule has 1 aliphatic heterocycles. The number of carbonyl (C=O) groups excluding carboxylic acids is 1. The Hall–Kier alpha value is -3.77. The molecule has 3 aromatic carbocycles. The molecule has 0 spiro atoms. The number of rotatable bonds is 7. The van der Waals surface area contributed by atoms with Gasteiger partial charge in [-0.2, -0.15) is 0 Å². The predicted octanol–water partition coefficient (Wildman–Crippen LogP) is 6.61. The van der Waals surface area contributed by atoms with Crippen molar-refractivity contribution in [3.63, 3.8) is 0 Å². The number of halogens is 1. The molecule has 1 unspecified atom stereocenters. The average molecular weight is 518 g/mol. The van der Waals surface area contributed by atoms with Crippen molar-refractivity contribution in [3.05, 3.63) is 103 Å². The van der Waals surface area contributed by atoms with Gasteiger partial charge in [0.25, 0.3) is 5.91 Å². The number of ether oxygens (including phenoxy) is 2. The fraction of sp³-hybridized carbons (Fsp3) is 0.267. The lowest BCUT2D eigenvalue weighted by molar-refractivity contribution is 0.0714. The van der Waals surface area contributed by atoms with E-state index in [1.54, 1.807) is 17.0 Å². The second-order valence-corrected chi connectivity index (χ2v) is 9.54. The average Bonchev–Trinajstić information content (AvgIpc) is 3.13. The summed E-state index contributed by atoms with van der Waals surface area (Å²) in [6, 6.07) is 16.0. The Kier molecular flexibility index (Phi) is 6.69. The first-order chi connectivity index (χ1) is 17.8. The maximum atomic E-state index is 14.0. The van der Waals surface area contributed by atoms with Gasteiger partial charge in [-0.05, 0) is 74.2 Å². The van der Waals surface area contributed by atoms with Gasteiger partial charge in [0.2, 0.25) is 5.76 Å². The van der Waals surface area contributed by atoms with Gasteiger partial charge in [0, 0.05) is 11.6 Å². The van der Waals surface area contributed by atoms with Gasteiger partial charge in [-0.3, -0.25) is 9.59 Å². The molecule has 0 bridgehead atoms. The molecular weight excluding hydrogens is 490 g/mol. The van der Waals surface area contributed by atoms with Gasteiger partial charge in [-0.15, -0.1) is 0 Å². The van der Waals surface area contributed by atoms with Crippen molar-refractivity contribution < 1.29 is 18.7 Å². The Morgan fingerprint density at radius 1 is 0.946 bits per heavy atom. The van der Waals surface area contributed by atoms with Crippen LogP contribution in [0.2, 0.25) is 5.02 Å². The number of fused-ring (bicyclic) bond motifs is 2. The van der Waals surface area contributed by atoms with Crippen LogP contribution in [0.3, 0.4) is 0 Å². The van der Waals surface area contributed by atoms with Crippen LogP contribution in [0.25, 0.3) is 11.0 Å². The van der Waals surface area contributed by atoms with Crippen LogP contribution in [-0.2, 0) is 6.54 Å². The maximum absolute atomic E-state index is 14.0. The van der Waals surface area contributed by atoms with E-state index >= 15 is 0 Å². The number of amides is 1. The molecule has 1 aromatic heterocycles. The largest absolute Gasteiger partial charge is 0.490 e. The van der Waals surface area contributed by atoms with Crippen LogP contribution in [-0.4, -0.2) is 24.0 Å². The van der Waals surface area contributed by atoms with Gasteiger partial charge in [0.15, 0.2) is 16.9 Å². The Labute approximate surface area is 220 Å². The van der Waals surface area contributed by atoms with Crippen molar-refractivity contribution in [1.29, 1.82) is 0 Å². The highest BCUT2D eigenvalue weighted by Crippen LogP contribution is 2.42. The molecule has 1 atom stereocenters. The molecular formula is C30H28ClNO5. The minimum atomic E-state index is -0.685. The Morgan fingerprint density at radius 2 is 1.68 bits per heavy atom. The van der Waals surface area contributed by atoms with Crippen LogP contribution in [0.15, 0.2) is 63.8 Å². The third-order valence-electron chi connectivity index (χ3n) is 6.59. The molecule has 190 valence electrons. The smallest absolute Gasteiger partial charge is 0.291 e. The minimum absolute atomic E-state index is 0.0615. The zero-order valence-corrected chi connectivity index (χ0v) is 22.0. The van der Waals surface area contributed by atoms with E-state index in [2.05, 4.69) is 0 Å². The quantitative estimate of drug-likeness (QED) is 0.276. The molecule has 7 heteroatoms. The highest BCUT2D eigenvalue weighted by molar-refractivity contribution is 6.31. The lowest BCUT2D eigenvalue weighted by Crippen LogP contribution is -2.29. The molecule has 2 heterocycles. The summed E-state index contributed by atoms with van der Waals surface area (Å²) in [5, 5.41) is 1.03. The molecule has 0 aliphatic carbocycles. The molecule has 5 rings (SSSR count). The highest BCUT2D eigenvalue weighted by Gasteiger charge is 2.43. The van der Waals surface area contributed by atoms with Crippen molar-refractivity contribution in [1.82, 2.24) is 4.90 Å². The zero-order valence-electron chi connectivity index (χ0n) is 21.3. The predicted molar refractivity (Wildman–Crippen MR) is 144 cm³/mol. The number of aryl methyl sites for hydroxylation is 2. The van der Waals surface area contributed by atoms with Gasteiger partial charge in [0.05, 0.1) is 30.2 Å². The van der Waals surface area contributed by atoms with E-state index in [9.17, 15) is 9.59 Å². The van der Waals surface area contributed by atoms with E-state index in [1.807, 2.05) is 70.2 Å². The standard InChI is InChI=1S/C30H28ClNO5/c1-5-35-22-12-11-19(15-23(22)36-6-2)27-26-28(33)25-18(4)13-17(3)14-24(25)37-29(26)30(34)32(27)16-20-9-7-8-10-21(20)31/h7-15,27H,5-6,16H2,1-4H3. The zero-order chi connectivity index (χ0) is 26.3. The number of benzene rings is 3. The topological polar surface area (TPSA) is 69.0 Å². The molecule has 0 saturated carbocycles. The van der Waals surface area contributed by atoms with E-state index in [-0.39, 0.29) is 23.6 Å². The van der Waals surface area contributed by atoms with Crippen molar-refractivity contribution in [2.24, 2.45) is 0 Å². The van der Waals surface area contributed by atoms with Gasteiger partial charge in [0.1, 0.15) is 5.58 Å². The van der Waals surface area contributed by atoms with Gasteiger partial charge >= 0.3 is 0 Å². The van der Waals surface area contributed by atoms with E-state index in [1.165, 1.54) is 0 Å². The first-order valence-corrected chi connectivity index (χ1v) is 12.7. The van der Waals surface area contributed by atoms with Crippen LogP contribution >= 0.6 is 11.6 Å². The van der Waals surface area contributed by atoms with Crippen molar-refractivity contribution in [2.45, 2.75) is 40.3 Å². The van der Waals surface area contributed by atoms with Crippen LogP contribution in [0.5, 0.6) is 11.5 Å². The van der Waals surface area contributed by atoms with Gasteiger partial charge < -0.3 is 18.8 Å². The second-order valence-electron chi connectivity index (χ2n) is 9.13. The summed E-state index contributed by atoms with van der Waals surface area (Å²) in [4.78, 5) is 29.5. The van der Waals surface area contributed by atoms with E-state index < -0.39 is 6.04 Å². The minimum Gasteiger partial charge on any atom is -0.490 e. The van der Waals surface area contributed by atoms with Crippen molar-refractivity contribution in [2.75, 3.05) is 13.2 Å². The molecule has 0 radical (unpaired) electrons. The summed E-state index contributed by atoms with van der Waals surface area (Å²) in [7, 11) is 0. The van der Waals surface area contributed by atoms with Crippen molar-refractivity contribution in [3.8, 4) is 11.5 Å². The van der Waals surface area contributed by atoms with E-state index in [0.29, 0.717) is 46.3 Å². The Bertz CT molecular complexity index is 1570. The molecule has 4 aromatic rings. The maximum Gasteiger partial charge on any atom is 0.291 e. The molecule has 0 N–H and O–H groups in total. The number of carbonyl (C=O) groups is 1. The summed E-state index contributed by atoms with van der Waals surface area (Å²) in [6.45, 7) is 8.75. The second kappa shape index (κ2) is 9.94. The summed E-state index contributed by atoms with van der Waals surface area (Å²) in [5.41, 5.74) is 3.79. The molecule has 1 amide bonds. The summed E-state index contributed by atoms with van der Waals surface area (Å²) >= 11 is 6.47. The normalized spacial score (nSPS) is 14.8. The summed E-state index contributed by atoms with van der Waals surface area (Å²) in [5.74, 6) is 0.862. The van der Waals surface area contributed by atoms with Crippen LogP contribution in [0.4, 0.5) is 0 Å². The van der Waals surface area contributed by atoms with Gasteiger partial charge in [-0.1, -0.05) is 41.9 Å². The van der Waals surface area contributed by atoms with E-state index in [0.717, 1.165) is 22.3 Å². The first kappa shape index (κ1) is 24.9. The summed E-state index contributed by atoms with van der Waals surface area (Å²) < 4.78 is 17.8. The number of hydrogen-bond donors (Lipinski definition) is 0. The first-order valence-electron chi connectivity index (χ1n) is 12.4. The number of nitrogens with zero attached hydrogens (tertiary/aromatic N) is 1.